The third-order valence-electron chi connectivity index (χ3n) is 5.02. The smallest absolute Gasteiger partial charge is 0.248 e. The van der Waals surface area contributed by atoms with E-state index in [9.17, 15) is 14.4 Å². The standard InChI is InChI=1S/C23H31N5O3/c1-15(2)13-23(26,21(31)28-17(14-29)9-6-12-27-22(24)25)20(30)19-11-5-8-16-7-3-4-10-18(16)19/h3-5,7-8,10-11,14-15,17H,6,9,12-13,26H2,1-2H3,(H,28,31)(H4,24,25,27)/t17-,23+/m0/s1. The van der Waals surface area contributed by atoms with Crippen LogP contribution in [0.5, 0.6) is 0 Å². The van der Waals surface area contributed by atoms with Crippen LogP contribution in [-0.4, -0.2) is 42.1 Å². The van der Waals surface area contributed by atoms with E-state index in [-0.39, 0.29) is 18.3 Å². The predicted octanol–water partition coefficient (Wildman–Crippen LogP) is 1.50. The lowest BCUT2D eigenvalue weighted by Crippen LogP contribution is -2.62. The molecule has 8 nitrogen and oxygen atoms in total. The summed E-state index contributed by atoms with van der Waals surface area (Å²) in [6.07, 6.45) is 1.58. The molecule has 0 aliphatic rings. The number of ketones is 1. The lowest BCUT2D eigenvalue weighted by atomic mass is 9.80. The molecule has 2 rings (SSSR count). The van der Waals surface area contributed by atoms with Crippen molar-refractivity contribution < 1.29 is 14.4 Å². The summed E-state index contributed by atoms with van der Waals surface area (Å²) in [6, 6.07) is 12.0. The van der Waals surface area contributed by atoms with Gasteiger partial charge in [-0.05, 0) is 36.0 Å². The molecule has 0 heterocycles. The summed E-state index contributed by atoms with van der Waals surface area (Å²) in [5, 5.41) is 4.24. The fraction of sp³-hybridized carbons (Fsp3) is 0.391. The van der Waals surface area contributed by atoms with Crippen molar-refractivity contribution in [1.29, 1.82) is 0 Å². The van der Waals surface area contributed by atoms with Crippen LogP contribution in [0.4, 0.5) is 0 Å². The van der Waals surface area contributed by atoms with Gasteiger partial charge in [-0.3, -0.25) is 14.6 Å². The second kappa shape index (κ2) is 10.7. The van der Waals surface area contributed by atoms with Gasteiger partial charge in [-0.1, -0.05) is 56.3 Å². The fourth-order valence-electron chi connectivity index (χ4n) is 3.59. The van der Waals surface area contributed by atoms with Crippen LogP contribution in [0.25, 0.3) is 10.8 Å². The van der Waals surface area contributed by atoms with Crippen molar-refractivity contribution in [3.63, 3.8) is 0 Å². The molecule has 2 aromatic rings. The van der Waals surface area contributed by atoms with Crippen molar-refractivity contribution in [2.24, 2.45) is 28.1 Å². The topological polar surface area (TPSA) is 154 Å². The molecule has 0 spiro atoms. The third-order valence-corrected chi connectivity index (χ3v) is 5.02. The molecule has 0 saturated carbocycles. The van der Waals surface area contributed by atoms with Crippen molar-refractivity contribution in [3.8, 4) is 0 Å². The maximum Gasteiger partial charge on any atom is 0.248 e. The van der Waals surface area contributed by atoms with Gasteiger partial charge in [0.2, 0.25) is 5.91 Å². The number of carbonyl (C=O) groups excluding carboxylic acids is 3. The van der Waals surface area contributed by atoms with Gasteiger partial charge in [-0.15, -0.1) is 0 Å². The molecule has 0 aliphatic carbocycles. The highest BCUT2D eigenvalue weighted by atomic mass is 16.2. The minimum absolute atomic E-state index is 0.0220. The van der Waals surface area contributed by atoms with E-state index in [1.807, 2.05) is 44.2 Å². The average molecular weight is 426 g/mol. The normalized spacial score (nSPS) is 13.9. The molecular weight excluding hydrogens is 394 g/mol. The van der Waals surface area contributed by atoms with Gasteiger partial charge >= 0.3 is 0 Å². The summed E-state index contributed by atoms with van der Waals surface area (Å²) < 4.78 is 0. The second-order valence-electron chi connectivity index (χ2n) is 8.09. The van der Waals surface area contributed by atoms with Gasteiger partial charge in [0, 0.05) is 12.1 Å². The lowest BCUT2D eigenvalue weighted by molar-refractivity contribution is -0.127. The van der Waals surface area contributed by atoms with E-state index in [2.05, 4.69) is 10.3 Å². The first kappa shape index (κ1) is 24.0. The fourth-order valence-corrected chi connectivity index (χ4v) is 3.59. The van der Waals surface area contributed by atoms with E-state index in [1.54, 1.807) is 12.1 Å². The van der Waals surface area contributed by atoms with E-state index < -0.39 is 23.3 Å². The SMILES string of the molecule is CC(C)C[C@](N)(C(=O)N[C@H](C=O)CCCN=C(N)N)C(=O)c1cccc2ccccc12. The number of aldehydes is 1. The zero-order valence-corrected chi connectivity index (χ0v) is 18.0. The Morgan fingerprint density at radius 1 is 1.13 bits per heavy atom. The monoisotopic (exact) mass is 425 g/mol. The molecule has 0 unspecified atom stereocenters. The first-order chi connectivity index (χ1) is 14.7. The van der Waals surface area contributed by atoms with Gasteiger partial charge in [0.1, 0.15) is 6.29 Å². The van der Waals surface area contributed by atoms with Crippen molar-refractivity contribution in [2.75, 3.05) is 6.54 Å². The number of aliphatic imine (C=N–C) groups is 1. The van der Waals surface area contributed by atoms with Gasteiger partial charge < -0.3 is 27.3 Å². The first-order valence-electron chi connectivity index (χ1n) is 10.3. The van der Waals surface area contributed by atoms with Gasteiger partial charge in [0.25, 0.3) is 0 Å². The largest absolute Gasteiger partial charge is 0.370 e. The van der Waals surface area contributed by atoms with Crippen molar-refractivity contribution in [2.45, 2.75) is 44.7 Å². The van der Waals surface area contributed by atoms with Gasteiger partial charge in [0.15, 0.2) is 17.3 Å². The first-order valence-corrected chi connectivity index (χ1v) is 10.3. The number of nitrogens with zero attached hydrogens (tertiary/aromatic N) is 1. The Labute approximate surface area is 182 Å². The van der Waals surface area contributed by atoms with E-state index >= 15 is 0 Å². The van der Waals surface area contributed by atoms with Gasteiger partial charge in [-0.25, -0.2) is 0 Å². The number of benzene rings is 2. The predicted molar refractivity (Wildman–Crippen MR) is 123 cm³/mol. The number of Topliss-reactive ketones (excluding diaryl/α,β-unsaturated/α-hetero) is 1. The molecule has 0 radical (unpaired) electrons. The number of amides is 1. The Morgan fingerprint density at radius 3 is 2.45 bits per heavy atom. The number of hydrogen-bond donors (Lipinski definition) is 4. The van der Waals surface area contributed by atoms with Crippen LogP contribution in [0.2, 0.25) is 0 Å². The molecule has 0 fully saturated rings. The van der Waals surface area contributed by atoms with Crippen LogP contribution in [0, 0.1) is 5.92 Å². The molecule has 31 heavy (non-hydrogen) atoms. The van der Waals surface area contributed by atoms with E-state index in [4.69, 9.17) is 17.2 Å². The molecule has 8 heteroatoms. The van der Waals surface area contributed by atoms with E-state index in [0.717, 1.165) is 10.8 Å². The Kier molecular flexibility index (Phi) is 8.27. The van der Waals surface area contributed by atoms with Gasteiger partial charge in [-0.2, -0.15) is 0 Å². The van der Waals surface area contributed by atoms with Crippen molar-refractivity contribution in [1.82, 2.24) is 5.32 Å². The Hall–Kier alpha value is -3.26. The molecule has 7 N–H and O–H groups in total. The van der Waals surface area contributed by atoms with Crippen LogP contribution in [0.1, 0.15) is 43.5 Å². The maximum absolute atomic E-state index is 13.5. The quantitative estimate of drug-likeness (QED) is 0.107. The van der Waals surface area contributed by atoms with Crippen LogP contribution in [0.15, 0.2) is 47.5 Å². The number of fused-ring (bicyclic) bond motifs is 1. The summed E-state index contributed by atoms with van der Waals surface area (Å²) in [6.45, 7) is 4.10. The van der Waals surface area contributed by atoms with Crippen molar-refractivity contribution in [3.05, 3.63) is 48.0 Å². The summed E-state index contributed by atoms with van der Waals surface area (Å²) in [5.74, 6) is -1.20. The number of hydrogen-bond acceptors (Lipinski definition) is 5. The molecule has 2 atom stereocenters. The average Bonchev–Trinajstić information content (AvgIpc) is 2.73. The Bertz CT molecular complexity index is 963. The van der Waals surface area contributed by atoms with Crippen LogP contribution < -0.4 is 22.5 Å². The number of carbonyl (C=O) groups is 3. The van der Waals surface area contributed by atoms with Crippen molar-refractivity contribution >= 4 is 34.7 Å². The third kappa shape index (κ3) is 6.11. The highest BCUT2D eigenvalue weighted by Gasteiger charge is 2.43. The maximum atomic E-state index is 13.5. The molecule has 0 aromatic heterocycles. The summed E-state index contributed by atoms with van der Waals surface area (Å²) in [4.78, 5) is 42.1. The zero-order valence-electron chi connectivity index (χ0n) is 18.0. The molecule has 2 aromatic carbocycles. The highest BCUT2D eigenvalue weighted by molar-refractivity contribution is 6.22. The summed E-state index contributed by atoms with van der Waals surface area (Å²) in [7, 11) is 0. The number of guanidine groups is 1. The van der Waals surface area contributed by atoms with Crippen LogP contribution in [-0.2, 0) is 9.59 Å². The number of rotatable bonds is 11. The minimum Gasteiger partial charge on any atom is -0.370 e. The van der Waals surface area contributed by atoms with E-state index in [0.29, 0.717) is 31.2 Å². The van der Waals surface area contributed by atoms with Crippen LogP contribution in [0.3, 0.4) is 0 Å². The molecule has 0 saturated heterocycles. The molecule has 166 valence electrons. The molecule has 1 amide bonds. The van der Waals surface area contributed by atoms with E-state index in [1.165, 1.54) is 0 Å². The molecule has 0 bridgehead atoms. The molecular formula is C23H31N5O3. The molecule has 0 aliphatic heterocycles. The van der Waals surface area contributed by atoms with Gasteiger partial charge in [0.05, 0.1) is 6.04 Å². The Morgan fingerprint density at radius 2 is 1.81 bits per heavy atom. The number of nitrogens with one attached hydrogen (secondary N) is 1. The lowest BCUT2D eigenvalue weighted by Gasteiger charge is -2.30. The highest BCUT2D eigenvalue weighted by Crippen LogP contribution is 2.26. The summed E-state index contributed by atoms with van der Waals surface area (Å²) in [5.41, 5.74) is 15.6. The van der Waals surface area contributed by atoms with Crippen LogP contribution >= 0.6 is 0 Å². The Balaban J connectivity index is 2.29. The number of nitrogens with two attached hydrogens (primary N) is 3. The zero-order chi connectivity index (χ0) is 23.0. The minimum atomic E-state index is -1.81. The summed E-state index contributed by atoms with van der Waals surface area (Å²) >= 11 is 0. The second-order valence-corrected chi connectivity index (χ2v) is 8.09.